The Morgan fingerprint density at radius 3 is 2.05 bits per heavy atom. The number of rotatable bonds is 1. The van der Waals surface area contributed by atoms with Crippen molar-refractivity contribution in [3.05, 3.63) is 62.7 Å². The number of fused-ring (bicyclic) bond motifs is 1. The number of amides is 2. The predicted molar refractivity (Wildman–Crippen MR) is 81.5 cm³/mol. The second kappa shape index (κ2) is 4.45. The van der Waals surface area contributed by atoms with Crippen molar-refractivity contribution >= 4 is 40.1 Å². The fraction of sp³-hybridized carbons (Fsp3) is 0.0667. The summed E-state index contributed by atoms with van der Waals surface area (Å²) in [7, 11) is 0. The van der Waals surface area contributed by atoms with Crippen LogP contribution >= 0.6 is 22.6 Å². The molecule has 3 nitrogen and oxygen atoms in total. The van der Waals surface area contributed by atoms with E-state index < -0.39 is 0 Å². The highest BCUT2D eigenvalue weighted by Crippen LogP contribution is 2.29. The highest BCUT2D eigenvalue weighted by atomic mass is 127. The molecule has 2 aromatic rings. The maximum atomic E-state index is 12.3. The van der Waals surface area contributed by atoms with Gasteiger partial charge in [0.25, 0.3) is 11.8 Å². The van der Waals surface area contributed by atoms with Crippen LogP contribution in [-0.2, 0) is 0 Å². The van der Waals surface area contributed by atoms with Crippen molar-refractivity contribution in [2.45, 2.75) is 6.92 Å². The zero-order chi connectivity index (χ0) is 13.6. The van der Waals surface area contributed by atoms with Crippen LogP contribution in [0.3, 0.4) is 0 Å². The molecule has 94 valence electrons. The summed E-state index contributed by atoms with van der Waals surface area (Å²) in [4.78, 5) is 25.9. The van der Waals surface area contributed by atoms with Gasteiger partial charge in [0, 0.05) is 3.57 Å². The fourth-order valence-electron chi connectivity index (χ4n) is 2.19. The Morgan fingerprint density at radius 1 is 0.947 bits per heavy atom. The number of aryl methyl sites for hydroxylation is 1. The molecule has 1 aliphatic rings. The number of anilines is 1. The molecule has 1 heterocycles. The quantitative estimate of drug-likeness (QED) is 0.575. The van der Waals surface area contributed by atoms with Crippen molar-refractivity contribution in [3.63, 3.8) is 0 Å². The van der Waals surface area contributed by atoms with Crippen molar-refractivity contribution in [3.8, 4) is 0 Å². The van der Waals surface area contributed by atoms with Crippen molar-refractivity contribution in [2.24, 2.45) is 0 Å². The van der Waals surface area contributed by atoms with Gasteiger partial charge < -0.3 is 0 Å². The van der Waals surface area contributed by atoms with Gasteiger partial charge in [-0.25, -0.2) is 4.90 Å². The second-order valence-electron chi connectivity index (χ2n) is 4.42. The van der Waals surface area contributed by atoms with Crippen LogP contribution in [0.2, 0.25) is 0 Å². The van der Waals surface area contributed by atoms with Gasteiger partial charge in [-0.3, -0.25) is 9.59 Å². The maximum Gasteiger partial charge on any atom is 0.266 e. The first-order valence-electron chi connectivity index (χ1n) is 5.83. The van der Waals surface area contributed by atoms with Gasteiger partial charge in [-0.1, -0.05) is 12.1 Å². The van der Waals surface area contributed by atoms with Crippen molar-refractivity contribution < 1.29 is 9.59 Å². The van der Waals surface area contributed by atoms with Gasteiger partial charge in [-0.15, -0.1) is 0 Å². The topological polar surface area (TPSA) is 37.4 Å². The molecule has 0 fully saturated rings. The lowest BCUT2D eigenvalue weighted by Crippen LogP contribution is -2.29. The Labute approximate surface area is 124 Å². The van der Waals surface area contributed by atoms with Crippen LogP contribution < -0.4 is 4.90 Å². The molecular formula is C15H10INO2. The standard InChI is InChI=1S/C15H10INO2/c1-9-8-10(6-7-13(9)16)17-14(18)11-4-2-3-5-12(11)15(17)19/h2-8H,1H3. The molecule has 4 heteroatoms. The summed E-state index contributed by atoms with van der Waals surface area (Å²) in [6.07, 6.45) is 0. The lowest BCUT2D eigenvalue weighted by Gasteiger charge is -2.14. The molecule has 0 N–H and O–H groups in total. The Balaban J connectivity index is 2.11. The molecule has 2 aromatic carbocycles. The van der Waals surface area contributed by atoms with Crippen molar-refractivity contribution in [1.29, 1.82) is 0 Å². The minimum absolute atomic E-state index is 0.249. The summed E-state index contributed by atoms with van der Waals surface area (Å²) >= 11 is 2.23. The van der Waals surface area contributed by atoms with Gasteiger partial charge in [-0.05, 0) is 65.4 Å². The molecule has 0 spiro atoms. The monoisotopic (exact) mass is 363 g/mol. The summed E-state index contributed by atoms with van der Waals surface area (Å²) in [6, 6.07) is 12.5. The van der Waals surface area contributed by atoms with Gasteiger partial charge in [0.05, 0.1) is 16.8 Å². The molecule has 0 saturated heterocycles. The van der Waals surface area contributed by atoms with Crippen molar-refractivity contribution in [1.82, 2.24) is 0 Å². The zero-order valence-electron chi connectivity index (χ0n) is 10.2. The maximum absolute atomic E-state index is 12.3. The van der Waals surface area contributed by atoms with Crippen LogP contribution in [0.25, 0.3) is 0 Å². The Hall–Kier alpha value is -1.69. The second-order valence-corrected chi connectivity index (χ2v) is 5.59. The number of imide groups is 1. The molecular weight excluding hydrogens is 353 g/mol. The first-order valence-corrected chi connectivity index (χ1v) is 6.91. The van der Waals surface area contributed by atoms with Gasteiger partial charge in [-0.2, -0.15) is 0 Å². The van der Waals surface area contributed by atoms with E-state index in [-0.39, 0.29) is 11.8 Å². The molecule has 19 heavy (non-hydrogen) atoms. The van der Waals surface area contributed by atoms with Gasteiger partial charge >= 0.3 is 0 Å². The predicted octanol–water partition coefficient (Wildman–Crippen LogP) is 3.40. The molecule has 3 rings (SSSR count). The first-order chi connectivity index (χ1) is 9.09. The van der Waals surface area contributed by atoms with Gasteiger partial charge in [0.15, 0.2) is 0 Å². The van der Waals surface area contributed by atoms with Gasteiger partial charge in [0.1, 0.15) is 0 Å². The molecule has 0 atom stereocenters. The molecule has 0 radical (unpaired) electrons. The van der Waals surface area contributed by atoms with Crippen LogP contribution in [0.5, 0.6) is 0 Å². The van der Waals surface area contributed by atoms with E-state index in [0.29, 0.717) is 16.8 Å². The van der Waals surface area contributed by atoms with E-state index in [1.54, 1.807) is 30.3 Å². The van der Waals surface area contributed by atoms with Crippen molar-refractivity contribution in [2.75, 3.05) is 4.90 Å². The van der Waals surface area contributed by atoms with E-state index in [0.717, 1.165) is 9.13 Å². The third-order valence-electron chi connectivity index (χ3n) is 3.19. The molecule has 1 aliphatic heterocycles. The molecule has 2 amide bonds. The number of hydrogen-bond donors (Lipinski definition) is 0. The van der Waals surface area contributed by atoms with E-state index in [1.165, 1.54) is 4.90 Å². The Bertz CT molecular complexity index is 674. The lowest BCUT2D eigenvalue weighted by atomic mass is 10.1. The third kappa shape index (κ3) is 1.87. The third-order valence-corrected chi connectivity index (χ3v) is 4.40. The number of hydrogen-bond acceptors (Lipinski definition) is 2. The Morgan fingerprint density at radius 2 is 1.53 bits per heavy atom. The number of nitrogens with zero attached hydrogens (tertiary/aromatic N) is 1. The van der Waals surface area contributed by atoms with Crippen LogP contribution in [0.1, 0.15) is 26.3 Å². The number of carbonyl (C=O) groups is 2. The number of carbonyl (C=O) groups excluding carboxylic acids is 2. The highest BCUT2D eigenvalue weighted by molar-refractivity contribution is 14.1. The van der Waals surface area contributed by atoms with Crippen LogP contribution in [0, 0.1) is 10.5 Å². The van der Waals surface area contributed by atoms with E-state index in [1.807, 2.05) is 19.1 Å². The average Bonchev–Trinajstić information content (AvgIpc) is 2.66. The van der Waals surface area contributed by atoms with E-state index in [4.69, 9.17) is 0 Å². The summed E-state index contributed by atoms with van der Waals surface area (Å²) in [5.41, 5.74) is 2.63. The smallest absolute Gasteiger partial charge is 0.266 e. The number of benzene rings is 2. The summed E-state index contributed by atoms with van der Waals surface area (Å²) in [5, 5.41) is 0. The molecule has 0 aliphatic carbocycles. The zero-order valence-corrected chi connectivity index (χ0v) is 12.3. The normalized spacial score (nSPS) is 13.9. The summed E-state index contributed by atoms with van der Waals surface area (Å²) in [6.45, 7) is 1.96. The highest BCUT2D eigenvalue weighted by Gasteiger charge is 2.36. The summed E-state index contributed by atoms with van der Waals surface area (Å²) < 4.78 is 1.11. The van der Waals surface area contributed by atoms with E-state index in [9.17, 15) is 9.59 Å². The van der Waals surface area contributed by atoms with Crippen LogP contribution in [0.15, 0.2) is 42.5 Å². The molecule has 0 saturated carbocycles. The van der Waals surface area contributed by atoms with Gasteiger partial charge in [0.2, 0.25) is 0 Å². The molecule has 0 bridgehead atoms. The lowest BCUT2D eigenvalue weighted by molar-refractivity contribution is 0.0926. The SMILES string of the molecule is Cc1cc(N2C(=O)c3ccccc3C2=O)ccc1I. The molecule has 0 unspecified atom stereocenters. The van der Waals surface area contributed by atoms with E-state index in [2.05, 4.69) is 22.6 Å². The summed E-state index contributed by atoms with van der Waals surface area (Å²) in [5.74, 6) is -0.498. The fourth-order valence-corrected chi connectivity index (χ4v) is 2.53. The van der Waals surface area contributed by atoms with E-state index >= 15 is 0 Å². The first kappa shape index (κ1) is 12.3. The largest absolute Gasteiger partial charge is 0.268 e. The van der Waals surface area contributed by atoms with Crippen LogP contribution in [0.4, 0.5) is 5.69 Å². The minimum Gasteiger partial charge on any atom is -0.268 e. The Kier molecular flexibility index (Phi) is 2.89. The van der Waals surface area contributed by atoms with Crippen LogP contribution in [-0.4, -0.2) is 11.8 Å². The minimum atomic E-state index is -0.249. The number of halogens is 1. The average molecular weight is 363 g/mol. The molecule has 0 aromatic heterocycles.